The van der Waals surface area contributed by atoms with Gasteiger partial charge < -0.3 is 5.11 Å². The highest BCUT2D eigenvalue weighted by molar-refractivity contribution is 6.32. The second kappa shape index (κ2) is 9.27. The van der Waals surface area contributed by atoms with Gasteiger partial charge in [0.2, 0.25) is 5.60 Å². The summed E-state index contributed by atoms with van der Waals surface area (Å²) in [4.78, 5) is 0. The minimum Gasteiger partial charge on any atom is -0.372 e. The van der Waals surface area contributed by atoms with Crippen LogP contribution < -0.4 is 16.4 Å². The van der Waals surface area contributed by atoms with E-state index in [1.807, 2.05) is 0 Å². The normalized spacial score (nSPS) is 11.6. The average Bonchev–Trinajstić information content (AvgIpc) is 3.71. The number of nitrogens with zero attached hydrogens (tertiary/aromatic N) is 9. The van der Waals surface area contributed by atoms with E-state index in [0.29, 0.717) is 33.5 Å². The molecule has 3 heterocycles. The fourth-order valence-electron chi connectivity index (χ4n) is 3.94. The Balaban J connectivity index is 1.46. The minimum absolute atomic E-state index is 0.169. The van der Waals surface area contributed by atoms with Gasteiger partial charge in [0.1, 0.15) is 40.6 Å². The highest BCUT2D eigenvalue weighted by atomic mass is 16.3. The van der Waals surface area contributed by atoms with E-state index in [2.05, 4.69) is 30.9 Å². The molecule has 0 saturated heterocycles. The van der Waals surface area contributed by atoms with Crippen molar-refractivity contribution in [2.24, 2.45) is 0 Å². The first kappa shape index (κ1) is 23.6. The zero-order valence-corrected chi connectivity index (χ0v) is 19.9. The van der Waals surface area contributed by atoms with Gasteiger partial charge in [-0.25, -0.2) is 14.0 Å². The van der Waals surface area contributed by atoms with Crippen LogP contribution in [0, 0.1) is 0 Å². The zero-order chi connectivity index (χ0) is 26.3. The minimum atomic E-state index is -1.94. The lowest BCUT2D eigenvalue weighted by molar-refractivity contribution is 0.111. The number of benzene rings is 3. The predicted molar refractivity (Wildman–Crippen MR) is 142 cm³/mol. The number of hydrogen-bond donors (Lipinski definition) is 1. The smallest absolute Gasteiger partial charge is 0.201 e. The summed E-state index contributed by atoms with van der Waals surface area (Å²) in [7, 11) is 17.4. The fraction of sp³-hybridized carbons (Fsp3) is 0.0400. The molecule has 176 valence electrons. The predicted octanol–water partition coefficient (Wildman–Crippen LogP) is -0.906. The maximum absolute atomic E-state index is 12.2. The highest BCUT2D eigenvalue weighted by Gasteiger charge is 2.43. The fourth-order valence-corrected chi connectivity index (χ4v) is 3.94. The molecule has 0 aliphatic rings. The van der Waals surface area contributed by atoms with Gasteiger partial charge in [0, 0.05) is 0 Å². The van der Waals surface area contributed by atoms with Crippen molar-refractivity contribution in [3.63, 3.8) is 0 Å². The van der Waals surface area contributed by atoms with E-state index in [-0.39, 0.29) is 17.1 Å². The third kappa shape index (κ3) is 4.22. The molecule has 3 aromatic heterocycles. The summed E-state index contributed by atoms with van der Waals surface area (Å²) in [5.74, 6) is 0. The maximum Gasteiger partial charge on any atom is 0.201 e. The molecule has 0 aliphatic carbocycles. The first-order valence-electron chi connectivity index (χ1n) is 11.5. The Labute approximate surface area is 221 Å². The van der Waals surface area contributed by atoms with E-state index in [1.165, 1.54) is 14.0 Å². The summed E-state index contributed by atoms with van der Waals surface area (Å²) in [5, 5.41) is 37.7. The van der Waals surface area contributed by atoms with Gasteiger partial charge in [-0.15, -0.1) is 15.3 Å². The van der Waals surface area contributed by atoms with Crippen molar-refractivity contribution >= 4 is 39.9 Å². The Hall–Kier alpha value is -4.77. The van der Waals surface area contributed by atoms with E-state index in [4.69, 9.17) is 23.5 Å². The van der Waals surface area contributed by atoms with Crippen molar-refractivity contribution in [1.82, 2.24) is 45.0 Å². The van der Waals surface area contributed by atoms with Crippen molar-refractivity contribution in [2.75, 3.05) is 0 Å². The molecule has 1 N–H and O–H groups in total. The third-order valence-corrected chi connectivity index (χ3v) is 6.07. The Kier molecular flexibility index (Phi) is 5.76. The molecule has 0 unspecified atom stereocenters. The lowest BCUT2D eigenvalue weighted by Gasteiger charge is -2.20. The van der Waals surface area contributed by atoms with Gasteiger partial charge in [0.15, 0.2) is 0 Å². The molecule has 0 spiro atoms. The summed E-state index contributed by atoms with van der Waals surface area (Å²) >= 11 is 0. The van der Waals surface area contributed by atoms with Gasteiger partial charge >= 0.3 is 0 Å². The standard InChI is InChI=1S/C25H16B3N9O/c26-16-1-7-19(8-2-16)35-13-22(29-32-35)25(38,23-14-36(33-30-23)20-9-3-17(27)4-10-20)24-15-37(34-31-24)21-11-5-18(28)6-12-21/h1-15,38H. The molecule has 0 bridgehead atoms. The summed E-state index contributed by atoms with van der Waals surface area (Å²) in [6.45, 7) is 0. The third-order valence-electron chi connectivity index (χ3n) is 6.07. The van der Waals surface area contributed by atoms with Gasteiger partial charge in [-0.3, -0.25) is 0 Å². The first-order chi connectivity index (χ1) is 18.4. The lowest BCUT2D eigenvalue weighted by Crippen LogP contribution is -2.30. The average molecular weight is 491 g/mol. The van der Waals surface area contributed by atoms with Crippen LogP contribution in [0.3, 0.4) is 0 Å². The van der Waals surface area contributed by atoms with Crippen LogP contribution >= 0.6 is 0 Å². The molecule has 0 amide bonds. The van der Waals surface area contributed by atoms with Gasteiger partial charge in [-0.05, 0) is 36.4 Å². The molecule has 0 fully saturated rings. The molecule has 3 aromatic carbocycles. The van der Waals surface area contributed by atoms with Crippen LogP contribution in [0.4, 0.5) is 0 Å². The Morgan fingerprint density at radius 2 is 0.737 bits per heavy atom. The van der Waals surface area contributed by atoms with Crippen LogP contribution in [0.25, 0.3) is 17.1 Å². The molecule has 38 heavy (non-hydrogen) atoms. The molecule has 0 saturated carbocycles. The number of rotatable bonds is 6. The van der Waals surface area contributed by atoms with Crippen molar-refractivity contribution in [1.29, 1.82) is 0 Å². The molecule has 0 aliphatic heterocycles. The highest BCUT2D eigenvalue weighted by Crippen LogP contribution is 2.33. The van der Waals surface area contributed by atoms with Crippen molar-refractivity contribution in [3.05, 3.63) is 108 Å². The van der Waals surface area contributed by atoms with E-state index >= 15 is 0 Å². The summed E-state index contributed by atoms with van der Waals surface area (Å²) in [5.41, 5.74) is 2.53. The monoisotopic (exact) mass is 491 g/mol. The van der Waals surface area contributed by atoms with Gasteiger partial charge in [-0.1, -0.05) is 68.4 Å². The zero-order valence-electron chi connectivity index (χ0n) is 19.9. The first-order valence-corrected chi connectivity index (χ1v) is 11.5. The Bertz CT molecular complexity index is 1510. The van der Waals surface area contributed by atoms with E-state index in [0.717, 1.165) is 0 Å². The second-order valence-corrected chi connectivity index (χ2v) is 8.63. The van der Waals surface area contributed by atoms with Crippen molar-refractivity contribution in [3.8, 4) is 17.1 Å². The molecule has 0 atom stereocenters. The van der Waals surface area contributed by atoms with Crippen LogP contribution in [0.1, 0.15) is 17.1 Å². The molecule has 6 rings (SSSR count). The van der Waals surface area contributed by atoms with Crippen LogP contribution in [0.5, 0.6) is 0 Å². The van der Waals surface area contributed by atoms with E-state index in [1.54, 1.807) is 91.4 Å². The largest absolute Gasteiger partial charge is 0.372 e. The molecular weight excluding hydrogens is 475 g/mol. The molecular formula is C25H16B3N9O. The van der Waals surface area contributed by atoms with Gasteiger partial charge in [0.05, 0.1) is 35.7 Å². The molecule has 6 aromatic rings. The van der Waals surface area contributed by atoms with Crippen LogP contribution in [0.15, 0.2) is 91.4 Å². The van der Waals surface area contributed by atoms with E-state index in [9.17, 15) is 5.11 Å². The Morgan fingerprint density at radius 1 is 0.474 bits per heavy atom. The lowest BCUT2D eigenvalue weighted by atomic mass is 9.93. The number of hydrogen-bond acceptors (Lipinski definition) is 7. The molecule has 6 radical (unpaired) electrons. The summed E-state index contributed by atoms with van der Waals surface area (Å²) in [6.07, 6.45) is 4.78. The quantitative estimate of drug-likeness (QED) is 0.301. The maximum atomic E-state index is 12.2. The van der Waals surface area contributed by atoms with E-state index < -0.39 is 5.60 Å². The second-order valence-electron chi connectivity index (χ2n) is 8.63. The van der Waals surface area contributed by atoms with Crippen LogP contribution in [-0.2, 0) is 5.60 Å². The molecule has 13 heteroatoms. The van der Waals surface area contributed by atoms with Crippen LogP contribution in [-0.4, -0.2) is 73.6 Å². The topological polar surface area (TPSA) is 112 Å². The van der Waals surface area contributed by atoms with Crippen molar-refractivity contribution < 1.29 is 5.11 Å². The summed E-state index contributed by atoms with van der Waals surface area (Å²) in [6, 6.07) is 21.3. The number of aromatic nitrogens is 9. The van der Waals surface area contributed by atoms with Gasteiger partial charge in [-0.2, -0.15) is 0 Å². The number of aliphatic hydroxyl groups is 1. The Morgan fingerprint density at radius 3 is 1.00 bits per heavy atom. The van der Waals surface area contributed by atoms with Crippen molar-refractivity contribution in [2.45, 2.75) is 5.60 Å². The SMILES string of the molecule is [B]c1ccc(-n2cc(C(O)(c3cn(-c4ccc([B])cc4)nn3)c3cn(-c4ccc([B])cc4)nn3)nn2)cc1. The summed E-state index contributed by atoms with van der Waals surface area (Å²) < 4.78 is 4.57. The van der Waals surface area contributed by atoms with Crippen LogP contribution in [0.2, 0.25) is 0 Å². The molecule has 10 nitrogen and oxygen atoms in total. The van der Waals surface area contributed by atoms with Gasteiger partial charge in [0.25, 0.3) is 0 Å².